The van der Waals surface area contributed by atoms with Crippen molar-refractivity contribution in [3.05, 3.63) is 93.8 Å². The number of nitrogens with one attached hydrogen (secondary N) is 1. The van der Waals surface area contributed by atoms with Gasteiger partial charge in [-0.1, -0.05) is 36.7 Å². The Balaban J connectivity index is 1.16. The molecule has 3 aromatic rings. The summed E-state index contributed by atoms with van der Waals surface area (Å²) >= 11 is 6.47. The minimum atomic E-state index is -3.64. The molecule has 15 heteroatoms. The van der Waals surface area contributed by atoms with Crippen molar-refractivity contribution in [3.63, 3.8) is 0 Å². The van der Waals surface area contributed by atoms with Gasteiger partial charge in [0.05, 0.1) is 42.5 Å². The molecule has 0 radical (unpaired) electrons. The summed E-state index contributed by atoms with van der Waals surface area (Å²) in [6.45, 7) is 4.63. The lowest BCUT2D eigenvalue weighted by Gasteiger charge is -2.46. The van der Waals surface area contributed by atoms with E-state index in [1.807, 2.05) is 23.6 Å². The second-order valence-electron chi connectivity index (χ2n) is 16.4. The van der Waals surface area contributed by atoms with Crippen molar-refractivity contribution in [3.8, 4) is 5.75 Å². The molecular weight excluding hydrogens is 774 g/mol. The summed E-state index contributed by atoms with van der Waals surface area (Å²) in [4.78, 5) is 30.3. The summed E-state index contributed by atoms with van der Waals surface area (Å²) in [6, 6.07) is 13.1. The standard InChI is InChI=1S/C41H50ClN5O7S2/c1-27-6-4-8-37(53-2)34-12-9-30(34)21-46-25-41(15-5-7-28-18-32(42)11-13-35(28)41)26-54-38-14-10-29(20-36(38)46)39(48)43-56(52,24-27)44-40(49)31-19-33-23-47(55(3,50)51)17-16-45(33)22-31/h4,8,10-11,13-14,18-20,22,27,30,34,37H,5-7,9,12,15-17,21,23-26H2,1-3H3,(H,43,44,48,49,52)/b8-4+/t27-,30-,34+,37-,41-,56?/m0/s1. The van der Waals surface area contributed by atoms with Gasteiger partial charge in [-0.3, -0.25) is 14.3 Å². The van der Waals surface area contributed by atoms with Crippen LogP contribution in [0.5, 0.6) is 5.75 Å². The number of aromatic nitrogens is 1. The first kappa shape index (κ1) is 39.2. The lowest BCUT2D eigenvalue weighted by atomic mass is 9.68. The van der Waals surface area contributed by atoms with Crippen LogP contribution in [0.4, 0.5) is 5.69 Å². The Morgan fingerprint density at radius 1 is 1.14 bits per heavy atom. The molecule has 300 valence electrons. The number of carbonyl (C=O) groups is 2. The fourth-order valence-electron chi connectivity index (χ4n) is 9.35. The fraction of sp³-hybridized carbons (Fsp3) is 0.512. The smallest absolute Gasteiger partial charge is 0.286 e. The Hall–Kier alpha value is -3.69. The maximum atomic E-state index is 14.8. The number of aryl methyl sites for hydroxylation is 1. The van der Waals surface area contributed by atoms with E-state index < -0.39 is 31.8 Å². The molecule has 1 unspecified atom stereocenters. The monoisotopic (exact) mass is 823 g/mol. The molecule has 1 N–H and O–H groups in total. The van der Waals surface area contributed by atoms with E-state index in [1.54, 1.807) is 31.5 Å². The maximum Gasteiger partial charge on any atom is 0.286 e. The highest BCUT2D eigenvalue weighted by Gasteiger charge is 2.44. The second kappa shape index (κ2) is 15.2. The lowest BCUT2D eigenvalue weighted by molar-refractivity contribution is 0.0131. The minimum Gasteiger partial charge on any atom is -0.490 e. The molecule has 2 bridgehead atoms. The third-order valence-electron chi connectivity index (χ3n) is 12.4. The van der Waals surface area contributed by atoms with Crippen molar-refractivity contribution in [2.24, 2.45) is 22.1 Å². The molecule has 1 saturated carbocycles. The normalized spacial score (nSPS) is 30.1. The number of nitrogens with zero attached hydrogens (tertiary/aromatic N) is 4. The van der Waals surface area contributed by atoms with E-state index in [-0.39, 0.29) is 47.4 Å². The number of rotatable bonds is 4. The van der Waals surface area contributed by atoms with E-state index in [2.05, 4.69) is 38.3 Å². The molecule has 1 aromatic heterocycles. The van der Waals surface area contributed by atoms with Crippen LogP contribution in [0.1, 0.15) is 76.6 Å². The summed E-state index contributed by atoms with van der Waals surface area (Å²) in [7, 11) is -5.31. The number of hydrogen-bond acceptors (Lipinski definition) is 8. The Bertz CT molecular complexity index is 2320. The van der Waals surface area contributed by atoms with Crippen LogP contribution in [0, 0.1) is 17.8 Å². The van der Waals surface area contributed by atoms with Gasteiger partial charge < -0.3 is 18.9 Å². The number of methoxy groups -OCH3 is 1. The molecule has 2 aromatic carbocycles. The van der Waals surface area contributed by atoms with E-state index in [0.29, 0.717) is 49.4 Å². The summed E-state index contributed by atoms with van der Waals surface area (Å²) < 4.78 is 62.0. The van der Waals surface area contributed by atoms with Crippen LogP contribution < -0.4 is 14.4 Å². The van der Waals surface area contributed by atoms with Gasteiger partial charge in [-0.15, -0.1) is 4.36 Å². The third-order valence-corrected chi connectivity index (χ3v) is 15.9. The van der Waals surface area contributed by atoms with Crippen molar-refractivity contribution in [2.75, 3.05) is 50.3 Å². The highest BCUT2D eigenvalue weighted by Crippen LogP contribution is 2.47. The van der Waals surface area contributed by atoms with Gasteiger partial charge in [0.1, 0.15) is 15.7 Å². The molecule has 1 spiro atoms. The van der Waals surface area contributed by atoms with E-state index in [4.69, 9.17) is 21.1 Å². The van der Waals surface area contributed by atoms with Crippen molar-refractivity contribution < 1.29 is 31.7 Å². The van der Waals surface area contributed by atoms with Gasteiger partial charge in [-0.05, 0) is 104 Å². The van der Waals surface area contributed by atoms with Crippen LogP contribution in [0.25, 0.3) is 0 Å². The Morgan fingerprint density at radius 3 is 2.75 bits per heavy atom. The first-order chi connectivity index (χ1) is 26.7. The molecule has 2 amide bonds. The van der Waals surface area contributed by atoms with Crippen LogP contribution in [-0.2, 0) is 49.6 Å². The minimum absolute atomic E-state index is 0.0555. The van der Waals surface area contributed by atoms with Gasteiger partial charge in [-0.2, -0.15) is 4.31 Å². The van der Waals surface area contributed by atoms with Crippen molar-refractivity contribution >= 4 is 49.0 Å². The number of allylic oxidation sites excluding steroid dienone is 1. The SMILES string of the molecule is CO[C@H]1/C=C/C[C@H](C)CS(=O)(NC(=O)c2cc3n(c2)CCN(S(C)(=O)=O)C3)=NC(=O)c2ccc3c(c2)N(C[C@@H]2CC[C@H]21)C[C@@]1(CCCc2cc(Cl)ccc21)CO3. The van der Waals surface area contributed by atoms with Gasteiger partial charge >= 0.3 is 0 Å². The molecule has 2 aliphatic carbocycles. The average molecular weight is 824 g/mol. The van der Waals surface area contributed by atoms with Crippen LogP contribution >= 0.6 is 11.6 Å². The number of fused-ring (bicyclic) bond motifs is 5. The first-order valence-corrected chi connectivity index (χ1v) is 23.4. The predicted molar refractivity (Wildman–Crippen MR) is 217 cm³/mol. The predicted octanol–water partition coefficient (Wildman–Crippen LogP) is 5.98. The first-order valence-electron chi connectivity index (χ1n) is 19.5. The van der Waals surface area contributed by atoms with Crippen molar-refractivity contribution in [2.45, 2.75) is 70.1 Å². The molecule has 12 nitrogen and oxygen atoms in total. The zero-order valence-electron chi connectivity index (χ0n) is 32.1. The number of sulfonamides is 1. The average Bonchev–Trinajstić information content (AvgIpc) is 3.51. The summed E-state index contributed by atoms with van der Waals surface area (Å²) in [6.07, 6.45) is 12.4. The number of hydrogen-bond donors (Lipinski definition) is 1. The quantitative estimate of drug-likeness (QED) is 0.318. The lowest BCUT2D eigenvalue weighted by Crippen LogP contribution is -2.49. The number of amides is 2. The highest BCUT2D eigenvalue weighted by molar-refractivity contribution is 7.92. The zero-order chi connectivity index (χ0) is 39.4. The van der Waals surface area contributed by atoms with Crippen LogP contribution in [0.15, 0.2) is 65.2 Å². The Kier molecular flexibility index (Phi) is 10.7. The van der Waals surface area contributed by atoms with E-state index in [1.165, 1.54) is 15.4 Å². The summed E-state index contributed by atoms with van der Waals surface area (Å²) in [5, 5.41) is 0.724. The Labute approximate surface area is 334 Å². The molecular formula is C41H50ClN5O7S2. The van der Waals surface area contributed by atoms with Crippen LogP contribution in [-0.4, -0.2) is 84.8 Å². The van der Waals surface area contributed by atoms with Crippen LogP contribution in [0.2, 0.25) is 5.02 Å². The summed E-state index contributed by atoms with van der Waals surface area (Å²) in [5.74, 6) is -0.253. The molecule has 5 aliphatic rings. The van der Waals surface area contributed by atoms with Crippen molar-refractivity contribution in [1.29, 1.82) is 0 Å². The van der Waals surface area contributed by atoms with Crippen molar-refractivity contribution in [1.82, 2.24) is 13.6 Å². The molecule has 6 atom stereocenters. The van der Waals surface area contributed by atoms with E-state index >= 15 is 0 Å². The maximum absolute atomic E-state index is 14.8. The number of halogens is 1. The van der Waals surface area contributed by atoms with Gasteiger partial charge in [0.25, 0.3) is 11.8 Å². The van der Waals surface area contributed by atoms with Gasteiger partial charge in [0.2, 0.25) is 10.0 Å². The largest absolute Gasteiger partial charge is 0.490 e. The molecule has 4 heterocycles. The van der Waals surface area contributed by atoms with E-state index in [9.17, 15) is 22.2 Å². The van der Waals surface area contributed by atoms with E-state index in [0.717, 1.165) is 55.6 Å². The molecule has 8 rings (SSSR count). The number of ether oxygens (including phenoxy) is 2. The van der Waals surface area contributed by atoms with Gasteiger partial charge in [-0.25, -0.2) is 12.6 Å². The fourth-order valence-corrected chi connectivity index (χ4v) is 12.2. The number of anilines is 1. The zero-order valence-corrected chi connectivity index (χ0v) is 34.5. The second-order valence-corrected chi connectivity index (χ2v) is 20.8. The van der Waals surface area contributed by atoms with Crippen LogP contribution in [0.3, 0.4) is 0 Å². The topological polar surface area (TPSA) is 140 Å². The third kappa shape index (κ3) is 7.79. The molecule has 1 fully saturated rings. The number of benzene rings is 2. The molecule has 56 heavy (non-hydrogen) atoms. The van der Waals surface area contributed by atoms with Gasteiger partial charge in [0, 0.05) is 61.2 Å². The number of carbonyl (C=O) groups excluding carboxylic acids is 2. The highest BCUT2D eigenvalue weighted by atomic mass is 35.5. The van der Waals surface area contributed by atoms with Gasteiger partial charge in [0.15, 0.2) is 0 Å². The molecule has 0 saturated heterocycles. The summed E-state index contributed by atoms with van der Waals surface area (Å²) in [5.41, 5.74) is 4.12. The Morgan fingerprint density at radius 2 is 1.98 bits per heavy atom. The molecule has 3 aliphatic heterocycles.